The highest BCUT2D eigenvalue weighted by atomic mass is 32.1. The maximum absolute atomic E-state index is 12.3. The Hall–Kier alpha value is -1.79. The van der Waals surface area contributed by atoms with Crippen LogP contribution < -0.4 is 0 Å². The van der Waals surface area contributed by atoms with Crippen LogP contribution in [0.3, 0.4) is 0 Å². The number of carbonyl (C=O) groups is 1. The van der Waals surface area contributed by atoms with Crippen molar-refractivity contribution in [2.75, 3.05) is 32.7 Å². The van der Waals surface area contributed by atoms with E-state index in [2.05, 4.69) is 21.8 Å². The number of nitrogens with zero attached hydrogens (tertiary/aromatic N) is 4. The number of thiazole rings is 1. The lowest BCUT2D eigenvalue weighted by Gasteiger charge is -2.34. The molecule has 2 aromatic rings. The molecule has 0 radical (unpaired) electrons. The largest absolute Gasteiger partial charge is 0.340 e. The normalized spacial score (nSPS) is 15.8. The van der Waals surface area contributed by atoms with Crippen LogP contribution in [0.4, 0.5) is 0 Å². The number of amides is 1. The average molecular weight is 330 g/mol. The number of pyridine rings is 1. The maximum Gasteiger partial charge on any atom is 0.223 e. The van der Waals surface area contributed by atoms with Crippen LogP contribution in [0.15, 0.2) is 29.8 Å². The molecule has 0 aromatic carbocycles. The molecule has 1 saturated heterocycles. The molecular weight excluding hydrogens is 308 g/mol. The summed E-state index contributed by atoms with van der Waals surface area (Å²) >= 11 is 1.59. The van der Waals surface area contributed by atoms with Gasteiger partial charge in [-0.3, -0.25) is 9.78 Å². The summed E-state index contributed by atoms with van der Waals surface area (Å²) in [5.41, 5.74) is 1.88. The van der Waals surface area contributed by atoms with Gasteiger partial charge in [0.2, 0.25) is 5.91 Å². The summed E-state index contributed by atoms with van der Waals surface area (Å²) in [4.78, 5) is 25.6. The Labute approximate surface area is 141 Å². The quantitative estimate of drug-likeness (QED) is 0.844. The van der Waals surface area contributed by atoms with Crippen LogP contribution in [-0.4, -0.2) is 58.4 Å². The van der Waals surface area contributed by atoms with Gasteiger partial charge in [0.1, 0.15) is 5.01 Å². The van der Waals surface area contributed by atoms with Crippen molar-refractivity contribution >= 4 is 17.2 Å². The molecule has 1 fully saturated rings. The fraction of sp³-hybridized carbons (Fsp3) is 0.471. The van der Waals surface area contributed by atoms with Crippen molar-refractivity contribution in [2.45, 2.75) is 19.8 Å². The molecule has 1 aliphatic heterocycles. The van der Waals surface area contributed by atoms with Gasteiger partial charge in [-0.2, -0.15) is 0 Å². The van der Waals surface area contributed by atoms with Gasteiger partial charge in [0.25, 0.3) is 0 Å². The summed E-state index contributed by atoms with van der Waals surface area (Å²) in [6, 6.07) is 5.82. The Morgan fingerprint density at radius 1 is 1.26 bits per heavy atom. The first-order chi connectivity index (χ1) is 11.3. The van der Waals surface area contributed by atoms with Crippen LogP contribution in [0.1, 0.15) is 19.0 Å². The minimum atomic E-state index is 0.244. The lowest BCUT2D eigenvalue weighted by Crippen LogP contribution is -2.48. The number of likely N-dealkylation sites (N-methyl/N-ethyl adjacent to an activating group) is 1. The van der Waals surface area contributed by atoms with Crippen molar-refractivity contribution in [2.24, 2.45) is 0 Å². The van der Waals surface area contributed by atoms with E-state index in [-0.39, 0.29) is 5.91 Å². The predicted octanol–water partition coefficient (Wildman–Crippen LogP) is 2.30. The monoisotopic (exact) mass is 330 g/mol. The molecule has 3 rings (SSSR count). The summed E-state index contributed by atoms with van der Waals surface area (Å²) in [5, 5.41) is 2.95. The number of piperazine rings is 1. The van der Waals surface area contributed by atoms with Crippen molar-refractivity contribution in [1.29, 1.82) is 0 Å². The van der Waals surface area contributed by atoms with Gasteiger partial charge in [-0.15, -0.1) is 11.3 Å². The second kappa shape index (κ2) is 7.66. The highest BCUT2D eigenvalue weighted by Crippen LogP contribution is 2.22. The van der Waals surface area contributed by atoms with Crippen molar-refractivity contribution in [3.63, 3.8) is 0 Å². The van der Waals surface area contributed by atoms with E-state index in [1.807, 2.05) is 28.5 Å². The van der Waals surface area contributed by atoms with Gasteiger partial charge in [0, 0.05) is 44.2 Å². The Kier molecular flexibility index (Phi) is 5.35. The molecule has 122 valence electrons. The molecule has 2 aromatic heterocycles. The molecule has 0 aliphatic carbocycles. The van der Waals surface area contributed by atoms with Gasteiger partial charge in [-0.1, -0.05) is 13.0 Å². The lowest BCUT2D eigenvalue weighted by atomic mass is 10.2. The predicted molar refractivity (Wildman–Crippen MR) is 92.4 cm³/mol. The maximum atomic E-state index is 12.3. The van der Waals surface area contributed by atoms with E-state index in [0.717, 1.165) is 49.1 Å². The molecule has 5 nitrogen and oxygen atoms in total. The van der Waals surface area contributed by atoms with E-state index >= 15 is 0 Å². The van der Waals surface area contributed by atoms with E-state index in [1.165, 1.54) is 0 Å². The van der Waals surface area contributed by atoms with Crippen molar-refractivity contribution in [3.05, 3.63) is 35.5 Å². The van der Waals surface area contributed by atoms with Crippen LogP contribution >= 0.6 is 11.3 Å². The molecule has 0 saturated carbocycles. The van der Waals surface area contributed by atoms with Crippen LogP contribution in [0.2, 0.25) is 0 Å². The zero-order chi connectivity index (χ0) is 16.1. The summed E-state index contributed by atoms with van der Waals surface area (Å²) in [6.07, 6.45) is 3.02. The molecule has 0 unspecified atom stereocenters. The Bertz CT molecular complexity index is 635. The topological polar surface area (TPSA) is 49.3 Å². The van der Waals surface area contributed by atoms with Gasteiger partial charge in [0.15, 0.2) is 0 Å². The minimum absolute atomic E-state index is 0.244. The molecule has 6 heteroatoms. The third kappa shape index (κ3) is 4.14. The third-order valence-corrected chi connectivity index (χ3v) is 5.12. The fourth-order valence-electron chi connectivity index (χ4n) is 2.74. The van der Waals surface area contributed by atoms with E-state index < -0.39 is 0 Å². The Morgan fingerprint density at radius 3 is 2.78 bits per heavy atom. The summed E-state index contributed by atoms with van der Waals surface area (Å²) < 4.78 is 0. The lowest BCUT2D eigenvalue weighted by molar-refractivity contribution is -0.132. The van der Waals surface area contributed by atoms with Gasteiger partial charge in [0.05, 0.1) is 11.4 Å². The zero-order valence-corrected chi connectivity index (χ0v) is 14.3. The highest BCUT2D eigenvalue weighted by molar-refractivity contribution is 7.13. The van der Waals surface area contributed by atoms with Crippen LogP contribution in [-0.2, 0) is 11.2 Å². The number of rotatable bonds is 5. The van der Waals surface area contributed by atoms with Crippen LogP contribution in [0.25, 0.3) is 10.7 Å². The van der Waals surface area contributed by atoms with Crippen LogP contribution in [0.5, 0.6) is 0 Å². The van der Waals surface area contributed by atoms with E-state index in [4.69, 9.17) is 0 Å². The second-order valence-electron chi connectivity index (χ2n) is 5.67. The smallest absolute Gasteiger partial charge is 0.223 e. The third-order valence-electron chi connectivity index (χ3n) is 4.20. The van der Waals surface area contributed by atoms with Crippen molar-refractivity contribution < 1.29 is 4.79 Å². The van der Waals surface area contributed by atoms with Gasteiger partial charge < -0.3 is 9.80 Å². The SMILES string of the molecule is CCN1CCN(C(=O)CCc2csc(-c3ccccn3)n2)CC1. The van der Waals surface area contributed by atoms with Gasteiger partial charge in [-0.05, 0) is 25.1 Å². The van der Waals surface area contributed by atoms with E-state index in [9.17, 15) is 4.79 Å². The first-order valence-electron chi connectivity index (χ1n) is 8.12. The van der Waals surface area contributed by atoms with E-state index in [0.29, 0.717) is 12.8 Å². The number of aryl methyl sites for hydroxylation is 1. The number of aromatic nitrogens is 2. The molecule has 3 heterocycles. The minimum Gasteiger partial charge on any atom is -0.340 e. The molecule has 0 N–H and O–H groups in total. The molecule has 1 amide bonds. The average Bonchev–Trinajstić information content (AvgIpc) is 3.09. The first kappa shape index (κ1) is 16.1. The molecular formula is C17H22N4OS. The van der Waals surface area contributed by atoms with Gasteiger partial charge in [-0.25, -0.2) is 4.98 Å². The Morgan fingerprint density at radius 2 is 2.09 bits per heavy atom. The zero-order valence-electron chi connectivity index (χ0n) is 13.4. The van der Waals surface area contributed by atoms with Crippen LogP contribution in [0, 0.1) is 0 Å². The summed E-state index contributed by atoms with van der Waals surface area (Å²) in [7, 11) is 0. The van der Waals surface area contributed by atoms with Crippen molar-refractivity contribution in [3.8, 4) is 10.7 Å². The number of carbonyl (C=O) groups excluding carboxylic acids is 1. The number of hydrogen-bond acceptors (Lipinski definition) is 5. The standard InChI is InChI=1S/C17H22N4OS/c1-2-20-9-11-21(12-10-20)16(22)7-6-14-13-23-17(19-14)15-5-3-4-8-18-15/h3-5,8,13H,2,6-7,9-12H2,1H3. The van der Waals surface area contributed by atoms with Gasteiger partial charge >= 0.3 is 0 Å². The highest BCUT2D eigenvalue weighted by Gasteiger charge is 2.20. The molecule has 0 bridgehead atoms. The molecule has 1 aliphatic rings. The second-order valence-corrected chi connectivity index (χ2v) is 6.53. The van der Waals surface area contributed by atoms with Crippen molar-refractivity contribution in [1.82, 2.24) is 19.8 Å². The Balaban J connectivity index is 1.51. The van der Waals surface area contributed by atoms with E-state index in [1.54, 1.807) is 17.5 Å². The molecule has 0 atom stereocenters. The fourth-order valence-corrected chi connectivity index (χ4v) is 3.57. The molecule has 0 spiro atoms. The summed E-state index contributed by atoms with van der Waals surface area (Å²) in [5.74, 6) is 0.244. The first-order valence-corrected chi connectivity index (χ1v) is 9.00. The molecule has 23 heavy (non-hydrogen) atoms. The summed E-state index contributed by atoms with van der Waals surface area (Å²) in [6.45, 7) is 6.91. The number of hydrogen-bond donors (Lipinski definition) is 0.